The Balaban J connectivity index is 1.79. The van der Waals surface area contributed by atoms with E-state index in [1.54, 1.807) is 11.3 Å². The van der Waals surface area contributed by atoms with E-state index in [1.165, 1.54) is 0 Å². The van der Waals surface area contributed by atoms with Crippen molar-refractivity contribution in [2.45, 2.75) is 0 Å². The minimum atomic E-state index is 0.935. The Hall–Kier alpha value is -2.52. The number of hydrogen-bond acceptors (Lipinski definition) is 3. The number of rotatable bonds is 4. The summed E-state index contributed by atoms with van der Waals surface area (Å²) in [5, 5.41) is 2.97. The molecule has 0 bridgehead atoms. The highest BCUT2D eigenvalue weighted by Crippen LogP contribution is 2.30. The number of thiazole rings is 1. The first-order chi connectivity index (χ1) is 10.4. The predicted octanol–water partition coefficient (Wildman–Crippen LogP) is 5.23. The SMILES string of the molecule is C(=C\c1ccccc1)/C=N/c1ccccc1-c1nccs1. The largest absolute Gasteiger partial charge is 0.256 e. The second kappa shape index (κ2) is 6.77. The number of allylic oxidation sites excluding steroid dienone is 1. The smallest absolute Gasteiger partial charge is 0.125 e. The molecule has 3 rings (SSSR count). The molecule has 0 saturated carbocycles. The maximum atomic E-state index is 4.53. The van der Waals surface area contributed by atoms with E-state index in [9.17, 15) is 0 Å². The number of benzene rings is 2. The molecule has 2 aromatic carbocycles. The van der Waals surface area contributed by atoms with E-state index in [-0.39, 0.29) is 0 Å². The molecule has 1 heterocycles. The molecule has 0 radical (unpaired) electrons. The highest BCUT2D eigenvalue weighted by Gasteiger charge is 2.04. The molecule has 0 amide bonds. The van der Waals surface area contributed by atoms with Crippen molar-refractivity contribution in [1.82, 2.24) is 4.98 Å². The molecule has 3 heteroatoms. The summed E-state index contributed by atoms with van der Waals surface area (Å²) in [5.74, 6) is 0. The van der Waals surface area contributed by atoms with Gasteiger partial charge in [0, 0.05) is 23.4 Å². The van der Waals surface area contributed by atoms with Crippen molar-refractivity contribution in [1.29, 1.82) is 0 Å². The molecule has 0 atom stereocenters. The van der Waals surface area contributed by atoms with Crippen LogP contribution < -0.4 is 0 Å². The van der Waals surface area contributed by atoms with Gasteiger partial charge in [-0.3, -0.25) is 4.99 Å². The fraction of sp³-hybridized carbons (Fsp3) is 0. The summed E-state index contributed by atoms with van der Waals surface area (Å²) in [6.45, 7) is 0. The van der Waals surface area contributed by atoms with Crippen LogP contribution in [0.25, 0.3) is 16.6 Å². The van der Waals surface area contributed by atoms with E-state index in [0.717, 1.165) is 21.8 Å². The van der Waals surface area contributed by atoms with Crippen LogP contribution in [-0.4, -0.2) is 11.2 Å². The Labute approximate surface area is 128 Å². The van der Waals surface area contributed by atoms with E-state index >= 15 is 0 Å². The van der Waals surface area contributed by atoms with Crippen LogP contribution in [0, 0.1) is 0 Å². The summed E-state index contributed by atoms with van der Waals surface area (Å²) in [5.41, 5.74) is 3.17. The van der Waals surface area contributed by atoms with Crippen molar-refractivity contribution in [2.75, 3.05) is 0 Å². The van der Waals surface area contributed by atoms with E-state index in [4.69, 9.17) is 0 Å². The topological polar surface area (TPSA) is 25.2 Å². The summed E-state index contributed by atoms with van der Waals surface area (Å²) in [6.07, 6.45) is 7.62. The molecule has 3 aromatic rings. The zero-order valence-corrected chi connectivity index (χ0v) is 12.2. The summed E-state index contributed by atoms with van der Waals surface area (Å²) in [4.78, 5) is 8.88. The van der Waals surface area contributed by atoms with E-state index in [2.05, 4.69) is 22.1 Å². The van der Waals surface area contributed by atoms with Gasteiger partial charge in [-0.2, -0.15) is 0 Å². The lowest BCUT2D eigenvalue weighted by atomic mass is 10.2. The zero-order valence-electron chi connectivity index (χ0n) is 11.4. The van der Waals surface area contributed by atoms with Gasteiger partial charge in [-0.05, 0) is 23.8 Å². The lowest BCUT2D eigenvalue weighted by Gasteiger charge is -2.00. The molecule has 0 saturated heterocycles. The molecular formula is C18H14N2S. The van der Waals surface area contributed by atoms with Gasteiger partial charge in [0.1, 0.15) is 5.01 Å². The molecule has 2 nitrogen and oxygen atoms in total. The molecule has 1 aromatic heterocycles. The number of nitrogens with zero attached hydrogens (tertiary/aromatic N) is 2. The molecule has 21 heavy (non-hydrogen) atoms. The molecule has 0 aliphatic carbocycles. The van der Waals surface area contributed by atoms with Crippen molar-refractivity contribution in [3.8, 4) is 10.6 Å². The van der Waals surface area contributed by atoms with Gasteiger partial charge in [-0.1, -0.05) is 48.5 Å². The van der Waals surface area contributed by atoms with E-state index < -0.39 is 0 Å². The van der Waals surface area contributed by atoms with Crippen LogP contribution in [0.15, 0.2) is 77.2 Å². The van der Waals surface area contributed by atoms with Gasteiger partial charge in [0.2, 0.25) is 0 Å². The second-order valence-electron chi connectivity index (χ2n) is 4.40. The predicted molar refractivity (Wildman–Crippen MR) is 91.2 cm³/mol. The molecule has 0 aliphatic rings. The molecule has 0 N–H and O–H groups in total. The van der Waals surface area contributed by atoms with Crippen LogP contribution in [0.5, 0.6) is 0 Å². The first-order valence-electron chi connectivity index (χ1n) is 6.68. The second-order valence-corrected chi connectivity index (χ2v) is 5.30. The fourth-order valence-electron chi connectivity index (χ4n) is 1.97. The molecule has 0 aliphatic heterocycles. The Morgan fingerprint density at radius 1 is 0.952 bits per heavy atom. The minimum absolute atomic E-state index is 0.935. The molecule has 0 spiro atoms. The van der Waals surface area contributed by atoms with Gasteiger partial charge in [0.05, 0.1) is 5.69 Å². The lowest BCUT2D eigenvalue weighted by molar-refractivity contribution is 1.40. The summed E-state index contributed by atoms with van der Waals surface area (Å²) in [7, 11) is 0. The standard InChI is InChI=1S/C18H14N2S/c1-2-7-15(8-3-1)9-6-12-19-17-11-5-4-10-16(17)18-20-13-14-21-18/h1-14H/b9-6+,19-12+. The van der Waals surface area contributed by atoms with Gasteiger partial charge in [0.15, 0.2) is 0 Å². The lowest BCUT2D eigenvalue weighted by Crippen LogP contribution is -1.77. The maximum absolute atomic E-state index is 4.53. The van der Waals surface area contributed by atoms with E-state index in [1.807, 2.05) is 72.4 Å². The van der Waals surface area contributed by atoms with Crippen molar-refractivity contribution in [3.63, 3.8) is 0 Å². The van der Waals surface area contributed by atoms with Gasteiger partial charge in [0.25, 0.3) is 0 Å². The molecule has 0 fully saturated rings. The van der Waals surface area contributed by atoms with Crippen LogP contribution in [0.3, 0.4) is 0 Å². The van der Waals surface area contributed by atoms with Gasteiger partial charge in [-0.15, -0.1) is 11.3 Å². The number of para-hydroxylation sites is 1. The third-order valence-corrected chi connectivity index (χ3v) is 3.76. The summed E-state index contributed by atoms with van der Waals surface area (Å²) < 4.78 is 0. The number of aliphatic imine (C=N–C) groups is 1. The first kappa shape index (κ1) is 13.5. The minimum Gasteiger partial charge on any atom is -0.256 e. The van der Waals surface area contributed by atoms with Crippen molar-refractivity contribution in [3.05, 3.63) is 77.8 Å². The van der Waals surface area contributed by atoms with Crippen molar-refractivity contribution in [2.24, 2.45) is 4.99 Å². The van der Waals surface area contributed by atoms with Crippen molar-refractivity contribution >= 4 is 29.3 Å². The van der Waals surface area contributed by atoms with E-state index in [0.29, 0.717) is 0 Å². The Morgan fingerprint density at radius 2 is 1.76 bits per heavy atom. The summed E-state index contributed by atoms with van der Waals surface area (Å²) >= 11 is 1.62. The zero-order chi connectivity index (χ0) is 14.3. The Morgan fingerprint density at radius 3 is 2.57 bits per heavy atom. The van der Waals surface area contributed by atoms with Gasteiger partial charge in [-0.25, -0.2) is 4.98 Å². The summed E-state index contributed by atoms with van der Waals surface area (Å²) in [6, 6.07) is 18.2. The molecule has 0 unspecified atom stereocenters. The highest BCUT2D eigenvalue weighted by atomic mass is 32.1. The Bertz CT molecular complexity index is 744. The average Bonchev–Trinajstić information content (AvgIpc) is 3.07. The molecular weight excluding hydrogens is 276 g/mol. The fourth-order valence-corrected chi connectivity index (χ4v) is 2.64. The van der Waals surface area contributed by atoms with Crippen LogP contribution in [0.1, 0.15) is 5.56 Å². The van der Waals surface area contributed by atoms with Crippen LogP contribution in [0.2, 0.25) is 0 Å². The normalized spacial score (nSPS) is 11.4. The first-order valence-corrected chi connectivity index (χ1v) is 7.56. The van der Waals surface area contributed by atoms with Crippen LogP contribution in [-0.2, 0) is 0 Å². The Kier molecular flexibility index (Phi) is 4.34. The molecule has 102 valence electrons. The third-order valence-electron chi connectivity index (χ3n) is 2.95. The number of hydrogen-bond donors (Lipinski definition) is 0. The maximum Gasteiger partial charge on any atom is 0.125 e. The van der Waals surface area contributed by atoms with Crippen molar-refractivity contribution < 1.29 is 0 Å². The third kappa shape index (κ3) is 3.52. The van der Waals surface area contributed by atoms with Gasteiger partial charge >= 0.3 is 0 Å². The highest BCUT2D eigenvalue weighted by molar-refractivity contribution is 7.13. The number of aromatic nitrogens is 1. The average molecular weight is 290 g/mol. The van der Waals surface area contributed by atoms with Gasteiger partial charge < -0.3 is 0 Å². The monoisotopic (exact) mass is 290 g/mol. The van der Waals surface area contributed by atoms with Crippen LogP contribution >= 0.6 is 11.3 Å². The van der Waals surface area contributed by atoms with Crippen LogP contribution in [0.4, 0.5) is 5.69 Å². The quantitative estimate of drug-likeness (QED) is 0.604.